The Hall–Kier alpha value is -2.21. The lowest BCUT2D eigenvalue weighted by Gasteiger charge is -2.11. The molecular formula is C18H21N3O2S. The molecule has 0 saturated carbocycles. The van der Waals surface area contributed by atoms with Crippen molar-refractivity contribution in [3.63, 3.8) is 0 Å². The Kier molecular flexibility index (Phi) is 4.94. The van der Waals surface area contributed by atoms with Crippen molar-refractivity contribution in [3.05, 3.63) is 36.7 Å². The third-order valence-corrected chi connectivity index (χ3v) is 4.96. The lowest BCUT2D eigenvalue weighted by Crippen LogP contribution is -1.99. The molecule has 2 heterocycles. The molecule has 5 nitrogen and oxygen atoms in total. The van der Waals surface area contributed by atoms with E-state index in [9.17, 15) is 0 Å². The minimum absolute atomic E-state index is 0.597. The van der Waals surface area contributed by atoms with Gasteiger partial charge in [-0.05, 0) is 24.1 Å². The van der Waals surface area contributed by atoms with Gasteiger partial charge in [0.15, 0.2) is 16.7 Å². The molecule has 126 valence electrons. The van der Waals surface area contributed by atoms with Gasteiger partial charge in [0.1, 0.15) is 5.65 Å². The molecule has 0 bridgehead atoms. The summed E-state index contributed by atoms with van der Waals surface area (Å²) in [6.07, 6.45) is 3.75. The number of fused-ring (bicyclic) bond motifs is 1. The average molecular weight is 343 g/mol. The Morgan fingerprint density at radius 3 is 2.62 bits per heavy atom. The first-order chi connectivity index (χ1) is 11.6. The lowest BCUT2D eigenvalue weighted by molar-refractivity contribution is 0.355. The summed E-state index contributed by atoms with van der Waals surface area (Å²) in [6.45, 7) is 4.41. The van der Waals surface area contributed by atoms with Crippen molar-refractivity contribution in [2.24, 2.45) is 5.92 Å². The van der Waals surface area contributed by atoms with E-state index in [4.69, 9.17) is 14.5 Å². The van der Waals surface area contributed by atoms with Crippen LogP contribution in [0.3, 0.4) is 0 Å². The topological polar surface area (TPSA) is 48.7 Å². The van der Waals surface area contributed by atoms with Crippen molar-refractivity contribution in [2.45, 2.75) is 19.0 Å². The number of ether oxygens (including phenoxy) is 2. The van der Waals surface area contributed by atoms with E-state index < -0.39 is 0 Å². The highest BCUT2D eigenvalue weighted by atomic mass is 32.2. The van der Waals surface area contributed by atoms with Crippen LogP contribution >= 0.6 is 11.8 Å². The first kappa shape index (κ1) is 16.6. The molecule has 0 radical (unpaired) electrons. The normalized spacial score (nSPS) is 11.2. The summed E-state index contributed by atoms with van der Waals surface area (Å²) >= 11 is 1.74. The molecule has 0 unspecified atom stereocenters. The van der Waals surface area contributed by atoms with E-state index in [1.165, 1.54) is 0 Å². The van der Waals surface area contributed by atoms with Crippen molar-refractivity contribution < 1.29 is 9.47 Å². The van der Waals surface area contributed by atoms with Crippen molar-refractivity contribution in [1.29, 1.82) is 0 Å². The average Bonchev–Trinajstić information content (AvgIpc) is 3.07. The van der Waals surface area contributed by atoms with Crippen molar-refractivity contribution >= 4 is 17.4 Å². The van der Waals surface area contributed by atoms with Crippen LogP contribution in [0.5, 0.6) is 11.5 Å². The summed E-state index contributed by atoms with van der Waals surface area (Å²) in [7, 11) is 3.27. The minimum atomic E-state index is 0.597. The maximum Gasteiger partial charge on any atom is 0.174 e. The van der Waals surface area contributed by atoms with Crippen molar-refractivity contribution in [1.82, 2.24) is 14.4 Å². The Morgan fingerprint density at radius 2 is 1.92 bits per heavy atom. The number of nitrogens with zero attached hydrogens (tertiary/aromatic N) is 3. The fraction of sp³-hybridized carbons (Fsp3) is 0.333. The van der Waals surface area contributed by atoms with Gasteiger partial charge in [0.05, 0.1) is 19.9 Å². The largest absolute Gasteiger partial charge is 0.493 e. The van der Waals surface area contributed by atoms with E-state index in [0.717, 1.165) is 27.8 Å². The minimum Gasteiger partial charge on any atom is -0.493 e. The molecule has 24 heavy (non-hydrogen) atoms. The molecule has 0 spiro atoms. The quantitative estimate of drug-likeness (QED) is 0.497. The number of methoxy groups -OCH3 is 2. The van der Waals surface area contributed by atoms with Crippen LogP contribution in [0.1, 0.15) is 13.8 Å². The van der Waals surface area contributed by atoms with E-state index >= 15 is 0 Å². The Labute approximate surface area is 146 Å². The number of rotatable bonds is 6. The molecule has 6 heteroatoms. The Morgan fingerprint density at radius 1 is 1.12 bits per heavy atom. The number of thioether (sulfide) groups is 1. The third kappa shape index (κ3) is 3.33. The molecule has 0 aliphatic carbocycles. The van der Waals surface area contributed by atoms with Crippen LogP contribution in [0.4, 0.5) is 0 Å². The SMILES string of the molecule is COc1ccc(-c2cc3nccn3c(SCC(C)C)n2)cc1OC. The highest BCUT2D eigenvalue weighted by molar-refractivity contribution is 7.99. The zero-order valence-corrected chi connectivity index (χ0v) is 15.1. The molecule has 0 aliphatic rings. The first-order valence-corrected chi connectivity index (χ1v) is 8.80. The Balaban J connectivity index is 2.06. The molecule has 3 rings (SSSR count). The summed E-state index contributed by atoms with van der Waals surface area (Å²) in [5.41, 5.74) is 2.74. The van der Waals surface area contributed by atoms with Gasteiger partial charge in [0.2, 0.25) is 0 Å². The van der Waals surface area contributed by atoms with E-state index in [0.29, 0.717) is 17.4 Å². The van der Waals surface area contributed by atoms with Gasteiger partial charge in [0.25, 0.3) is 0 Å². The second kappa shape index (κ2) is 7.13. The van der Waals surface area contributed by atoms with Gasteiger partial charge in [-0.15, -0.1) is 0 Å². The summed E-state index contributed by atoms with van der Waals surface area (Å²) in [5.74, 6) is 3.00. The molecule has 0 amide bonds. The highest BCUT2D eigenvalue weighted by Crippen LogP contribution is 2.33. The fourth-order valence-electron chi connectivity index (χ4n) is 2.38. The van der Waals surface area contributed by atoms with Crippen LogP contribution in [-0.2, 0) is 0 Å². The summed E-state index contributed by atoms with van der Waals surface area (Å²) in [5, 5.41) is 0.948. The second-order valence-corrected chi connectivity index (χ2v) is 6.84. The van der Waals surface area contributed by atoms with Crippen LogP contribution in [0, 0.1) is 5.92 Å². The maximum absolute atomic E-state index is 5.40. The van der Waals surface area contributed by atoms with E-state index in [-0.39, 0.29) is 0 Å². The Bertz CT molecular complexity index is 845. The van der Waals surface area contributed by atoms with Crippen LogP contribution in [0.25, 0.3) is 16.9 Å². The molecule has 1 aromatic carbocycles. The first-order valence-electron chi connectivity index (χ1n) is 7.81. The molecule has 2 aromatic heterocycles. The number of aromatic nitrogens is 3. The van der Waals surface area contributed by atoms with Gasteiger partial charge in [-0.25, -0.2) is 9.97 Å². The molecule has 0 saturated heterocycles. The van der Waals surface area contributed by atoms with Crippen molar-refractivity contribution in [3.8, 4) is 22.8 Å². The van der Waals surface area contributed by atoms with Crippen LogP contribution in [0.2, 0.25) is 0 Å². The number of hydrogen-bond donors (Lipinski definition) is 0. The summed E-state index contributed by atoms with van der Waals surface area (Å²) in [4.78, 5) is 9.26. The van der Waals surface area contributed by atoms with Gasteiger partial charge in [-0.3, -0.25) is 4.40 Å². The molecule has 3 aromatic rings. The molecule has 0 aliphatic heterocycles. The fourth-order valence-corrected chi connectivity index (χ4v) is 3.32. The van der Waals surface area contributed by atoms with Crippen LogP contribution < -0.4 is 9.47 Å². The monoisotopic (exact) mass is 343 g/mol. The summed E-state index contributed by atoms with van der Waals surface area (Å²) in [6, 6.07) is 7.81. The zero-order chi connectivity index (χ0) is 17.1. The van der Waals surface area contributed by atoms with Gasteiger partial charge in [-0.1, -0.05) is 25.6 Å². The lowest BCUT2D eigenvalue weighted by atomic mass is 10.1. The predicted molar refractivity (Wildman–Crippen MR) is 97.1 cm³/mol. The van der Waals surface area contributed by atoms with Gasteiger partial charge in [0, 0.05) is 29.8 Å². The number of hydrogen-bond acceptors (Lipinski definition) is 5. The van der Waals surface area contributed by atoms with Gasteiger partial charge < -0.3 is 9.47 Å². The van der Waals surface area contributed by atoms with Gasteiger partial charge in [-0.2, -0.15) is 0 Å². The number of imidazole rings is 1. The standard InChI is InChI=1S/C18H21N3O2S/c1-12(2)11-24-18-20-14(10-17-19-7-8-21(17)18)13-5-6-15(22-3)16(9-13)23-4/h5-10,12H,11H2,1-4H3. The third-order valence-electron chi connectivity index (χ3n) is 3.58. The highest BCUT2D eigenvalue weighted by Gasteiger charge is 2.12. The zero-order valence-electron chi connectivity index (χ0n) is 14.3. The van der Waals surface area contributed by atoms with E-state index in [1.54, 1.807) is 32.2 Å². The maximum atomic E-state index is 5.40. The predicted octanol–water partition coefficient (Wildman–Crippen LogP) is 4.16. The molecule has 0 fully saturated rings. The number of benzene rings is 1. The van der Waals surface area contributed by atoms with Crippen molar-refractivity contribution in [2.75, 3.05) is 20.0 Å². The van der Waals surface area contributed by atoms with E-state index in [2.05, 4.69) is 18.8 Å². The second-order valence-electron chi connectivity index (χ2n) is 5.85. The smallest absolute Gasteiger partial charge is 0.174 e. The molecular weight excluding hydrogens is 322 g/mol. The summed E-state index contributed by atoms with van der Waals surface area (Å²) < 4.78 is 12.7. The van der Waals surface area contributed by atoms with Crippen LogP contribution in [0.15, 0.2) is 41.8 Å². The van der Waals surface area contributed by atoms with E-state index in [1.807, 2.05) is 34.9 Å². The van der Waals surface area contributed by atoms with Crippen LogP contribution in [-0.4, -0.2) is 34.3 Å². The molecule has 0 atom stereocenters. The van der Waals surface area contributed by atoms with Gasteiger partial charge >= 0.3 is 0 Å². The molecule has 0 N–H and O–H groups in total.